The predicted molar refractivity (Wildman–Crippen MR) is 87.8 cm³/mol. The number of carbonyl (C=O) groups excluding carboxylic acids is 1. The minimum Gasteiger partial charge on any atom is -0.478 e. The van der Waals surface area contributed by atoms with Crippen LogP contribution in [0.15, 0.2) is 30.3 Å². The third kappa shape index (κ3) is 3.37. The molecule has 1 aromatic carbocycles. The Labute approximate surface area is 134 Å². The number of halogens is 1. The van der Waals surface area contributed by atoms with Crippen molar-refractivity contribution >= 4 is 50.8 Å². The maximum absolute atomic E-state index is 12.1. The second-order valence-corrected chi connectivity index (χ2v) is 6.46. The quantitative estimate of drug-likeness (QED) is 0.765. The Hall–Kier alpha value is -1.41. The summed E-state index contributed by atoms with van der Waals surface area (Å²) in [4.78, 5) is 24.2. The van der Waals surface area contributed by atoms with E-state index in [9.17, 15) is 9.59 Å². The summed E-state index contributed by atoms with van der Waals surface area (Å²) in [5, 5.41) is 12.2. The SMILES string of the molecule is CCc1cc(C(=O)O)c(NC(=O)c2ccc(I)cc2)s1. The minimum absolute atomic E-state index is 0.144. The Bertz CT molecular complexity index is 649. The van der Waals surface area contributed by atoms with Gasteiger partial charge in [-0.25, -0.2) is 4.79 Å². The topological polar surface area (TPSA) is 66.4 Å². The Morgan fingerprint density at radius 2 is 1.95 bits per heavy atom. The number of carbonyl (C=O) groups is 2. The van der Waals surface area contributed by atoms with Crippen molar-refractivity contribution in [2.24, 2.45) is 0 Å². The van der Waals surface area contributed by atoms with E-state index in [1.807, 2.05) is 19.1 Å². The van der Waals surface area contributed by atoms with E-state index in [4.69, 9.17) is 5.11 Å². The van der Waals surface area contributed by atoms with Gasteiger partial charge in [-0.3, -0.25) is 4.79 Å². The van der Waals surface area contributed by atoms with Crippen molar-refractivity contribution < 1.29 is 14.7 Å². The number of thiophene rings is 1. The van der Waals surface area contributed by atoms with Crippen LogP contribution in [0.2, 0.25) is 0 Å². The van der Waals surface area contributed by atoms with Crippen molar-refractivity contribution in [1.82, 2.24) is 0 Å². The smallest absolute Gasteiger partial charge is 0.338 e. The minimum atomic E-state index is -1.03. The zero-order valence-corrected chi connectivity index (χ0v) is 13.6. The van der Waals surface area contributed by atoms with Crippen LogP contribution in [0.4, 0.5) is 5.00 Å². The molecule has 1 amide bonds. The van der Waals surface area contributed by atoms with E-state index < -0.39 is 5.97 Å². The van der Waals surface area contributed by atoms with Crippen molar-refractivity contribution in [2.45, 2.75) is 13.3 Å². The third-order valence-electron chi connectivity index (χ3n) is 2.70. The molecule has 0 spiro atoms. The number of benzene rings is 1. The summed E-state index contributed by atoms with van der Waals surface area (Å²) in [5.74, 6) is -1.33. The number of carboxylic acids is 1. The van der Waals surface area contributed by atoms with Gasteiger partial charge >= 0.3 is 5.97 Å². The molecule has 0 aliphatic heterocycles. The zero-order valence-electron chi connectivity index (χ0n) is 10.6. The third-order valence-corrected chi connectivity index (χ3v) is 4.61. The molecule has 4 nitrogen and oxygen atoms in total. The largest absolute Gasteiger partial charge is 0.478 e. The molecule has 0 aliphatic carbocycles. The second-order valence-electron chi connectivity index (χ2n) is 4.08. The highest BCUT2D eigenvalue weighted by molar-refractivity contribution is 14.1. The molecule has 1 aromatic heterocycles. The van der Waals surface area contributed by atoms with Crippen LogP contribution >= 0.6 is 33.9 Å². The van der Waals surface area contributed by atoms with Gasteiger partial charge in [0.2, 0.25) is 0 Å². The van der Waals surface area contributed by atoms with E-state index in [2.05, 4.69) is 27.9 Å². The van der Waals surface area contributed by atoms with Crippen LogP contribution in [0.1, 0.15) is 32.5 Å². The number of rotatable bonds is 4. The first-order chi connectivity index (χ1) is 9.51. The molecule has 2 N–H and O–H groups in total. The molecule has 104 valence electrons. The molecule has 2 rings (SSSR count). The van der Waals surface area contributed by atoms with Crippen LogP contribution in [0.25, 0.3) is 0 Å². The summed E-state index contributed by atoms with van der Waals surface area (Å²) in [7, 11) is 0. The van der Waals surface area contributed by atoms with Gasteiger partial charge in [-0.15, -0.1) is 11.3 Å². The molecule has 0 radical (unpaired) electrons. The normalized spacial score (nSPS) is 10.3. The average molecular weight is 401 g/mol. The summed E-state index contributed by atoms with van der Waals surface area (Å²) >= 11 is 3.46. The lowest BCUT2D eigenvalue weighted by molar-refractivity contribution is 0.0698. The van der Waals surface area contributed by atoms with E-state index in [1.54, 1.807) is 18.2 Å². The Balaban J connectivity index is 2.25. The van der Waals surface area contributed by atoms with Crippen molar-refractivity contribution in [3.8, 4) is 0 Å². The van der Waals surface area contributed by atoms with Gasteiger partial charge in [0, 0.05) is 14.0 Å². The van der Waals surface area contributed by atoms with E-state index in [1.165, 1.54) is 11.3 Å². The van der Waals surface area contributed by atoms with Gasteiger partial charge in [0.05, 0.1) is 5.56 Å². The van der Waals surface area contributed by atoms with Gasteiger partial charge in [0.25, 0.3) is 5.91 Å². The van der Waals surface area contributed by atoms with Gasteiger partial charge in [-0.1, -0.05) is 6.92 Å². The number of nitrogens with one attached hydrogen (secondary N) is 1. The maximum Gasteiger partial charge on any atom is 0.338 e. The highest BCUT2D eigenvalue weighted by Crippen LogP contribution is 2.29. The lowest BCUT2D eigenvalue weighted by Gasteiger charge is -2.04. The van der Waals surface area contributed by atoms with Crippen LogP contribution in [0.3, 0.4) is 0 Å². The lowest BCUT2D eigenvalue weighted by atomic mass is 10.2. The number of aryl methyl sites for hydroxylation is 1. The van der Waals surface area contributed by atoms with Crippen LogP contribution in [-0.2, 0) is 6.42 Å². The van der Waals surface area contributed by atoms with Crippen molar-refractivity contribution in [2.75, 3.05) is 5.32 Å². The number of hydrogen-bond acceptors (Lipinski definition) is 3. The predicted octanol–water partition coefficient (Wildman–Crippen LogP) is 3.87. The van der Waals surface area contributed by atoms with Crippen LogP contribution in [0, 0.1) is 3.57 Å². The Morgan fingerprint density at radius 3 is 2.50 bits per heavy atom. The first-order valence-corrected chi connectivity index (χ1v) is 7.83. The van der Waals surface area contributed by atoms with Crippen LogP contribution in [-0.4, -0.2) is 17.0 Å². The van der Waals surface area contributed by atoms with E-state index in [0.29, 0.717) is 10.6 Å². The molecule has 2 aromatic rings. The van der Waals surface area contributed by atoms with E-state index in [0.717, 1.165) is 14.9 Å². The first kappa shape index (κ1) is 15.0. The summed E-state index contributed by atoms with van der Waals surface area (Å²) in [6, 6.07) is 8.70. The van der Waals surface area contributed by atoms with Crippen molar-refractivity contribution in [3.63, 3.8) is 0 Å². The molecule has 1 heterocycles. The van der Waals surface area contributed by atoms with Gasteiger partial charge < -0.3 is 10.4 Å². The average Bonchev–Trinajstić information content (AvgIpc) is 2.82. The van der Waals surface area contributed by atoms with Crippen LogP contribution in [0.5, 0.6) is 0 Å². The molecule has 0 saturated carbocycles. The number of amides is 1. The molecule has 0 saturated heterocycles. The van der Waals surface area contributed by atoms with Gasteiger partial charge in [-0.2, -0.15) is 0 Å². The molecule has 0 aliphatic rings. The Morgan fingerprint density at radius 1 is 1.30 bits per heavy atom. The summed E-state index contributed by atoms with van der Waals surface area (Å²) < 4.78 is 1.04. The fourth-order valence-electron chi connectivity index (χ4n) is 1.64. The van der Waals surface area contributed by atoms with Gasteiger partial charge in [0.1, 0.15) is 5.00 Å². The van der Waals surface area contributed by atoms with Crippen molar-refractivity contribution in [1.29, 1.82) is 0 Å². The number of aromatic carboxylic acids is 1. The first-order valence-electron chi connectivity index (χ1n) is 5.94. The fraction of sp³-hybridized carbons (Fsp3) is 0.143. The summed E-state index contributed by atoms with van der Waals surface area (Å²) in [6.07, 6.45) is 0.740. The van der Waals surface area contributed by atoms with E-state index in [-0.39, 0.29) is 11.5 Å². The molecule has 20 heavy (non-hydrogen) atoms. The molecular formula is C14H12INO3S. The maximum atomic E-state index is 12.1. The molecule has 0 atom stereocenters. The molecule has 6 heteroatoms. The lowest BCUT2D eigenvalue weighted by Crippen LogP contribution is -2.13. The molecular weight excluding hydrogens is 389 g/mol. The molecule has 0 bridgehead atoms. The fourth-order valence-corrected chi connectivity index (χ4v) is 2.99. The Kier molecular flexibility index (Phi) is 4.77. The van der Waals surface area contributed by atoms with Gasteiger partial charge in [0.15, 0.2) is 0 Å². The highest BCUT2D eigenvalue weighted by atomic mass is 127. The second kappa shape index (κ2) is 6.36. The zero-order chi connectivity index (χ0) is 14.7. The number of anilines is 1. The monoisotopic (exact) mass is 401 g/mol. The standard InChI is InChI=1S/C14H12INO3S/c1-2-10-7-11(14(18)19)13(20-10)16-12(17)8-3-5-9(15)6-4-8/h3-7H,2H2,1H3,(H,16,17)(H,18,19). The van der Waals surface area contributed by atoms with Crippen molar-refractivity contribution in [3.05, 3.63) is 49.9 Å². The van der Waals surface area contributed by atoms with Crippen LogP contribution < -0.4 is 5.32 Å². The summed E-state index contributed by atoms with van der Waals surface area (Å²) in [6.45, 7) is 1.95. The van der Waals surface area contributed by atoms with E-state index >= 15 is 0 Å². The number of carboxylic acid groups (broad SMARTS) is 1. The molecule has 0 unspecified atom stereocenters. The summed E-state index contributed by atoms with van der Waals surface area (Å²) in [5.41, 5.74) is 0.652. The molecule has 0 fully saturated rings. The van der Waals surface area contributed by atoms with Gasteiger partial charge in [-0.05, 0) is 59.3 Å². The number of hydrogen-bond donors (Lipinski definition) is 2. The highest BCUT2D eigenvalue weighted by Gasteiger charge is 2.17.